The fourth-order valence-electron chi connectivity index (χ4n) is 2.59. The van der Waals surface area contributed by atoms with Crippen molar-refractivity contribution in [2.75, 3.05) is 18.0 Å². The first kappa shape index (κ1) is 18.9. The first-order valence-electron chi connectivity index (χ1n) is 7.62. The summed E-state index contributed by atoms with van der Waals surface area (Å²) in [6.07, 6.45) is 3.13. The van der Waals surface area contributed by atoms with E-state index in [2.05, 4.69) is 9.88 Å². The number of hydrogen-bond acceptors (Lipinski definition) is 6. The molecule has 0 unspecified atom stereocenters. The normalized spacial score (nSPS) is 16.4. The summed E-state index contributed by atoms with van der Waals surface area (Å²) in [5, 5.41) is 6.85. The maximum atomic E-state index is 11.3. The van der Waals surface area contributed by atoms with Gasteiger partial charge >= 0.3 is 0 Å². The van der Waals surface area contributed by atoms with Crippen LogP contribution in [0.15, 0.2) is 28.6 Å². The summed E-state index contributed by atoms with van der Waals surface area (Å²) in [6.45, 7) is 1.99. The second-order valence-electron chi connectivity index (χ2n) is 5.75. The van der Waals surface area contributed by atoms with Gasteiger partial charge in [0.25, 0.3) is 0 Å². The predicted octanol–water partition coefficient (Wildman–Crippen LogP) is 3.28. The first-order valence-corrected chi connectivity index (χ1v) is 10.7. The van der Waals surface area contributed by atoms with Gasteiger partial charge in [0.1, 0.15) is 0 Å². The fourth-order valence-corrected chi connectivity index (χ4v) is 4.50. The molecule has 10 heteroatoms. The molecule has 3 rings (SSSR count). The minimum atomic E-state index is -3.69. The van der Waals surface area contributed by atoms with Crippen molar-refractivity contribution in [2.24, 2.45) is 5.14 Å². The van der Waals surface area contributed by atoms with Crippen molar-refractivity contribution < 1.29 is 13.2 Å². The summed E-state index contributed by atoms with van der Waals surface area (Å²) in [6, 6.07) is 5.47. The monoisotopic (exact) mass is 421 g/mol. The molecule has 0 radical (unpaired) electrons. The summed E-state index contributed by atoms with van der Waals surface area (Å²) in [5.41, 5.74) is 0.981. The van der Waals surface area contributed by atoms with Crippen molar-refractivity contribution in [3.05, 3.63) is 40.0 Å². The second-order valence-corrected chi connectivity index (χ2v) is 9.36. The number of ether oxygens (including phenoxy) is 1. The van der Waals surface area contributed by atoms with Crippen LogP contribution in [0.1, 0.15) is 18.4 Å². The lowest BCUT2D eigenvalue weighted by molar-refractivity contribution is 0.0251. The van der Waals surface area contributed by atoms with Gasteiger partial charge in [0.05, 0.1) is 29.0 Å². The highest BCUT2D eigenvalue weighted by atomic mass is 35.5. The molecule has 1 saturated heterocycles. The number of benzene rings is 1. The number of piperidine rings is 1. The minimum Gasteiger partial charge on any atom is -0.373 e. The molecule has 0 aliphatic carbocycles. The van der Waals surface area contributed by atoms with E-state index in [1.54, 1.807) is 6.07 Å². The molecule has 1 fully saturated rings. The summed E-state index contributed by atoms with van der Waals surface area (Å²) in [5.74, 6) is 0. The Morgan fingerprint density at radius 2 is 2.00 bits per heavy atom. The third-order valence-corrected chi connectivity index (χ3v) is 7.14. The molecule has 6 nitrogen and oxygen atoms in total. The van der Waals surface area contributed by atoms with Crippen LogP contribution in [-0.2, 0) is 21.4 Å². The van der Waals surface area contributed by atoms with Crippen molar-refractivity contribution in [3.63, 3.8) is 0 Å². The summed E-state index contributed by atoms with van der Waals surface area (Å²) in [4.78, 5) is 6.21. The zero-order chi connectivity index (χ0) is 18.0. The SMILES string of the molecule is NS(=O)(=O)c1cnc(N2CCC(OCc3ccc(Cl)c(Cl)c3)CC2)s1. The van der Waals surface area contributed by atoms with E-state index < -0.39 is 10.0 Å². The number of nitrogens with two attached hydrogens (primary N) is 1. The van der Waals surface area contributed by atoms with Crippen molar-refractivity contribution >= 4 is 49.7 Å². The Balaban J connectivity index is 1.51. The number of aromatic nitrogens is 1. The number of primary sulfonamides is 1. The van der Waals surface area contributed by atoms with E-state index in [1.165, 1.54) is 6.20 Å². The average molecular weight is 422 g/mol. The van der Waals surface area contributed by atoms with Gasteiger partial charge in [-0.05, 0) is 30.5 Å². The van der Waals surface area contributed by atoms with Gasteiger partial charge < -0.3 is 9.64 Å². The number of rotatable bonds is 5. The van der Waals surface area contributed by atoms with Crippen LogP contribution in [0.2, 0.25) is 10.0 Å². The highest BCUT2D eigenvalue weighted by molar-refractivity contribution is 7.91. The fraction of sp³-hybridized carbons (Fsp3) is 0.400. The second kappa shape index (κ2) is 7.77. The zero-order valence-electron chi connectivity index (χ0n) is 13.2. The Morgan fingerprint density at radius 1 is 1.28 bits per heavy atom. The molecule has 0 saturated carbocycles. The quantitative estimate of drug-likeness (QED) is 0.799. The maximum Gasteiger partial charge on any atom is 0.249 e. The van der Waals surface area contributed by atoms with Gasteiger partial charge in [-0.1, -0.05) is 40.6 Å². The number of anilines is 1. The van der Waals surface area contributed by atoms with Crippen LogP contribution in [0.3, 0.4) is 0 Å². The molecular formula is C15H17Cl2N3O3S2. The van der Waals surface area contributed by atoms with Crippen LogP contribution in [0.25, 0.3) is 0 Å². The average Bonchev–Trinajstić information content (AvgIpc) is 3.07. The smallest absolute Gasteiger partial charge is 0.249 e. The lowest BCUT2D eigenvalue weighted by Crippen LogP contribution is -2.36. The van der Waals surface area contributed by atoms with Crippen LogP contribution in [0.4, 0.5) is 5.13 Å². The summed E-state index contributed by atoms with van der Waals surface area (Å²) in [7, 11) is -3.69. The lowest BCUT2D eigenvalue weighted by Gasteiger charge is -2.31. The molecule has 2 heterocycles. The number of hydrogen-bond donors (Lipinski definition) is 1. The van der Waals surface area contributed by atoms with Gasteiger partial charge in [-0.2, -0.15) is 0 Å². The van der Waals surface area contributed by atoms with Gasteiger partial charge in [-0.15, -0.1) is 0 Å². The highest BCUT2D eigenvalue weighted by Gasteiger charge is 2.23. The lowest BCUT2D eigenvalue weighted by atomic mass is 10.1. The van der Waals surface area contributed by atoms with E-state index in [1.807, 2.05) is 12.1 Å². The molecular weight excluding hydrogens is 405 g/mol. The summed E-state index contributed by atoms with van der Waals surface area (Å²) >= 11 is 13.0. The van der Waals surface area contributed by atoms with E-state index in [9.17, 15) is 8.42 Å². The number of halogens is 2. The van der Waals surface area contributed by atoms with E-state index in [0.717, 1.165) is 42.8 Å². The third-order valence-electron chi connectivity index (χ3n) is 3.93. The van der Waals surface area contributed by atoms with Gasteiger partial charge in [0.2, 0.25) is 10.0 Å². The minimum absolute atomic E-state index is 0.0838. The molecule has 2 aromatic rings. The largest absolute Gasteiger partial charge is 0.373 e. The van der Waals surface area contributed by atoms with Crippen molar-refractivity contribution in [3.8, 4) is 0 Å². The maximum absolute atomic E-state index is 11.3. The molecule has 0 bridgehead atoms. The molecule has 2 N–H and O–H groups in total. The van der Waals surface area contributed by atoms with E-state index in [-0.39, 0.29) is 10.3 Å². The predicted molar refractivity (Wildman–Crippen MR) is 100.0 cm³/mol. The Kier molecular flexibility index (Phi) is 5.87. The Bertz CT molecular complexity index is 849. The standard InChI is InChI=1S/C15H17Cl2N3O3S2/c16-12-2-1-10(7-13(12)17)9-23-11-3-5-20(6-4-11)15-19-8-14(24-15)25(18,21)22/h1-2,7-8,11H,3-6,9H2,(H2,18,21,22). The molecule has 0 spiro atoms. The van der Waals surface area contributed by atoms with Crippen LogP contribution in [0.5, 0.6) is 0 Å². The van der Waals surface area contributed by atoms with Crippen LogP contribution >= 0.6 is 34.5 Å². The molecule has 0 atom stereocenters. The highest BCUT2D eigenvalue weighted by Crippen LogP contribution is 2.29. The molecule has 25 heavy (non-hydrogen) atoms. The van der Waals surface area contributed by atoms with Crippen molar-refractivity contribution in [2.45, 2.75) is 29.8 Å². The van der Waals surface area contributed by atoms with Crippen LogP contribution in [-0.4, -0.2) is 32.6 Å². The van der Waals surface area contributed by atoms with Crippen LogP contribution in [0, 0.1) is 0 Å². The molecule has 136 valence electrons. The molecule has 0 amide bonds. The first-order chi connectivity index (χ1) is 11.8. The van der Waals surface area contributed by atoms with Gasteiger partial charge in [0, 0.05) is 13.1 Å². The Labute approximate surface area is 160 Å². The topological polar surface area (TPSA) is 85.5 Å². The van der Waals surface area contributed by atoms with Gasteiger partial charge in [0.15, 0.2) is 9.34 Å². The zero-order valence-corrected chi connectivity index (χ0v) is 16.3. The third kappa shape index (κ3) is 4.84. The molecule has 1 aromatic heterocycles. The van der Waals surface area contributed by atoms with Gasteiger partial charge in [-0.3, -0.25) is 0 Å². The molecule has 1 aliphatic rings. The van der Waals surface area contributed by atoms with Crippen molar-refractivity contribution in [1.82, 2.24) is 4.98 Å². The Morgan fingerprint density at radius 3 is 2.60 bits per heavy atom. The van der Waals surface area contributed by atoms with Crippen molar-refractivity contribution in [1.29, 1.82) is 0 Å². The van der Waals surface area contributed by atoms with E-state index in [0.29, 0.717) is 21.8 Å². The number of sulfonamides is 1. The summed E-state index contributed by atoms with van der Waals surface area (Å²) < 4.78 is 28.7. The Hall–Kier alpha value is -0.900. The molecule has 1 aliphatic heterocycles. The van der Waals surface area contributed by atoms with E-state index >= 15 is 0 Å². The van der Waals surface area contributed by atoms with Gasteiger partial charge in [-0.25, -0.2) is 18.5 Å². The number of thiazole rings is 1. The van der Waals surface area contributed by atoms with Crippen LogP contribution < -0.4 is 10.0 Å². The molecule has 1 aromatic carbocycles. The number of nitrogens with zero attached hydrogens (tertiary/aromatic N) is 2. The van der Waals surface area contributed by atoms with E-state index in [4.69, 9.17) is 33.1 Å².